The summed E-state index contributed by atoms with van der Waals surface area (Å²) < 4.78 is 36.2. The lowest BCUT2D eigenvalue weighted by Crippen LogP contribution is -2.55. The van der Waals surface area contributed by atoms with Crippen molar-refractivity contribution in [2.75, 3.05) is 7.05 Å². The molecule has 0 radical (unpaired) electrons. The van der Waals surface area contributed by atoms with Gasteiger partial charge >= 0.3 is 18.2 Å². The molecule has 0 bridgehead atoms. The molecule has 8 heteroatoms. The van der Waals surface area contributed by atoms with Crippen LogP contribution in [0.5, 0.6) is 0 Å². The maximum absolute atomic E-state index is 12.1. The molecule has 1 unspecified atom stereocenters. The van der Waals surface area contributed by atoms with Gasteiger partial charge in [-0.1, -0.05) is 0 Å². The van der Waals surface area contributed by atoms with Crippen molar-refractivity contribution in [3.05, 3.63) is 0 Å². The first-order valence-corrected chi connectivity index (χ1v) is 5.22. The number of hydrogen-bond donors (Lipinski definition) is 2. The number of carbonyl (C=O) groups is 2. The Morgan fingerprint density at radius 1 is 1.33 bits per heavy atom. The van der Waals surface area contributed by atoms with Gasteiger partial charge in [-0.3, -0.25) is 0 Å². The van der Waals surface area contributed by atoms with E-state index in [9.17, 15) is 22.8 Å². The zero-order chi connectivity index (χ0) is 14.7. The first-order valence-electron chi connectivity index (χ1n) is 5.22. The van der Waals surface area contributed by atoms with Gasteiger partial charge in [0.1, 0.15) is 5.54 Å². The number of amides is 2. The van der Waals surface area contributed by atoms with E-state index in [0.29, 0.717) is 0 Å². The molecule has 0 aliphatic carbocycles. The van der Waals surface area contributed by atoms with Crippen LogP contribution in [0, 0.1) is 0 Å². The van der Waals surface area contributed by atoms with Gasteiger partial charge in [0.15, 0.2) is 0 Å². The largest absolute Gasteiger partial charge is 0.480 e. The second-order valence-electron chi connectivity index (χ2n) is 4.59. The number of nitrogens with zero attached hydrogens (tertiary/aromatic N) is 1. The van der Waals surface area contributed by atoms with Gasteiger partial charge in [0.2, 0.25) is 0 Å². The molecule has 2 amide bonds. The summed E-state index contributed by atoms with van der Waals surface area (Å²) in [5.74, 6) is -1.25. The molecule has 0 aliphatic rings. The van der Waals surface area contributed by atoms with E-state index in [1.807, 2.05) is 0 Å². The summed E-state index contributed by atoms with van der Waals surface area (Å²) in [6.45, 7) is 3.76. The summed E-state index contributed by atoms with van der Waals surface area (Å²) in [5, 5.41) is 11.0. The summed E-state index contributed by atoms with van der Waals surface area (Å²) in [4.78, 5) is 23.3. The molecule has 0 spiro atoms. The number of carboxylic acid groups (broad SMARTS) is 1. The quantitative estimate of drug-likeness (QED) is 0.818. The Bertz CT molecular complexity index is 329. The number of urea groups is 1. The van der Waals surface area contributed by atoms with Gasteiger partial charge in [-0.2, -0.15) is 13.2 Å². The molecule has 0 rings (SSSR count). The minimum atomic E-state index is -4.38. The molecule has 0 fully saturated rings. The van der Waals surface area contributed by atoms with Gasteiger partial charge < -0.3 is 15.3 Å². The highest BCUT2D eigenvalue weighted by atomic mass is 19.4. The Morgan fingerprint density at radius 3 is 2.11 bits per heavy atom. The Balaban J connectivity index is 4.55. The lowest BCUT2D eigenvalue weighted by Gasteiger charge is -2.32. The molecule has 0 aromatic rings. The number of rotatable bonds is 4. The van der Waals surface area contributed by atoms with E-state index >= 15 is 0 Å². The van der Waals surface area contributed by atoms with Crippen LogP contribution in [0.15, 0.2) is 0 Å². The van der Waals surface area contributed by atoms with E-state index in [2.05, 4.69) is 5.32 Å². The summed E-state index contributed by atoms with van der Waals surface area (Å²) >= 11 is 0. The SMILES string of the molecule is CC(CC(F)(F)F)NC(=O)N(C)C(C)(C)C(=O)O. The molecule has 2 N–H and O–H groups in total. The summed E-state index contributed by atoms with van der Waals surface area (Å²) in [6, 6.07) is -1.98. The maximum Gasteiger partial charge on any atom is 0.391 e. The number of halogens is 3. The van der Waals surface area contributed by atoms with E-state index in [0.717, 1.165) is 4.90 Å². The van der Waals surface area contributed by atoms with Crippen LogP contribution in [0.25, 0.3) is 0 Å². The van der Waals surface area contributed by atoms with E-state index < -0.39 is 36.2 Å². The maximum atomic E-state index is 12.1. The van der Waals surface area contributed by atoms with Crippen molar-refractivity contribution < 1.29 is 27.9 Å². The van der Waals surface area contributed by atoms with Gasteiger partial charge in [0.05, 0.1) is 6.42 Å². The van der Waals surface area contributed by atoms with E-state index in [-0.39, 0.29) is 0 Å². The van der Waals surface area contributed by atoms with Crippen molar-refractivity contribution in [3.8, 4) is 0 Å². The monoisotopic (exact) mass is 270 g/mol. The van der Waals surface area contributed by atoms with Crippen molar-refractivity contribution >= 4 is 12.0 Å². The molecule has 0 aromatic carbocycles. The Labute approximate surface area is 103 Å². The molecule has 18 heavy (non-hydrogen) atoms. The number of hydrogen-bond acceptors (Lipinski definition) is 2. The lowest BCUT2D eigenvalue weighted by atomic mass is 10.0. The van der Waals surface area contributed by atoms with Crippen LogP contribution in [-0.4, -0.2) is 46.8 Å². The molecular formula is C10H17F3N2O3. The summed E-state index contributed by atoms with van der Waals surface area (Å²) in [5.41, 5.74) is -1.50. The molecule has 5 nitrogen and oxygen atoms in total. The van der Waals surface area contributed by atoms with Crippen molar-refractivity contribution in [1.82, 2.24) is 10.2 Å². The highest BCUT2D eigenvalue weighted by Gasteiger charge is 2.37. The highest BCUT2D eigenvalue weighted by Crippen LogP contribution is 2.21. The zero-order valence-electron chi connectivity index (χ0n) is 10.6. The fourth-order valence-corrected chi connectivity index (χ4v) is 1.10. The predicted octanol–water partition coefficient (Wildman–Crippen LogP) is 1.83. The molecule has 0 saturated carbocycles. The van der Waals surface area contributed by atoms with Crippen molar-refractivity contribution in [2.24, 2.45) is 0 Å². The average Bonchev–Trinajstić information content (AvgIpc) is 2.12. The van der Waals surface area contributed by atoms with Crippen LogP contribution in [0.2, 0.25) is 0 Å². The second-order valence-corrected chi connectivity index (χ2v) is 4.59. The zero-order valence-corrected chi connectivity index (χ0v) is 10.6. The van der Waals surface area contributed by atoms with Gasteiger partial charge in [-0.15, -0.1) is 0 Å². The number of aliphatic carboxylic acids is 1. The third-order valence-electron chi connectivity index (χ3n) is 2.57. The fourth-order valence-electron chi connectivity index (χ4n) is 1.10. The van der Waals surface area contributed by atoms with Crippen LogP contribution in [0.3, 0.4) is 0 Å². The lowest BCUT2D eigenvalue weighted by molar-refractivity contribution is -0.147. The molecular weight excluding hydrogens is 253 g/mol. The van der Waals surface area contributed by atoms with Crippen LogP contribution in [0.1, 0.15) is 27.2 Å². The standard InChI is InChI=1S/C10H17F3N2O3/c1-6(5-10(11,12)13)14-8(18)15(4)9(2,3)7(16)17/h6H,5H2,1-4H3,(H,14,18)(H,16,17). The highest BCUT2D eigenvalue weighted by molar-refractivity contribution is 5.85. The fraction of sp³-hybridized carbons (Fsp3) is 0.800. The van der Waals surface area contributed by atoms with Crippen LogP contribution in [-0.2, 0) is 4.79 Å². The Kier molecular flexibility index (Phi) is 5.00. The first kappa shape index (κ1) is 16.5. The van der Waals surface area contributed by atoms with Gasteiger partial charge in [0.25, 0.3) is 0 Å². The molecule has 0 saturated heterocycles. The second kappa shape index (κ2) is 5.45. The van der Waals surface area contributed by atoms with Gasteiger partial charge in [0, 0.05) is 13.1 Å². The minimum Gasteiger partial charge on any atom is -0.480 e. The molecule has 0 aliphatic heterocycles. The number of alkyl halides is 3. The van der Waals surface area contributed by atoms with Crippen LogP contribution in [0.4, 0.5) is 18.0 Å². The normalized spacial score (nSPS) is 13.9. The summed E-state index contributed by atoms with van der Waals surface area (Å²) in [7, 11) is 1.21. The molecule has 0 aromatic heterocycles. The number of carboxylic acids is 1. The van der Waals surface area contributed by atoms with Crippen molar-refractivity contribution in [3.63, 3.8) is 0 Å². The first-order chi connectivity index (χ1) is 7.88. The van der Waals surface area contributed by atoms with E-state index in [1.54, 1.807) is 0 Å². The number of likely N-dealkylation sites (N-methyl/N-ethyl adjacent to an activating group) is 1. The number of carbonyl (C=O) groups excluding carboxylic acids is 1. The summed E-state index contributed by atoms with van der Waals surface area (Å²) in [6.07, 6.45) is -5.55. The molecule has 106 valence electrons. The van der Waals surface area contributed by atoms with Crippen molar-refractivity contribution in [1.29, 1.82) is 0 Å². The molecule has 1 atom stereocenters. The Hall–Kier alpha value is -1.47. The van der Waals surface area contributed by atoms with E-state index in [1.165, 1.54) is 27.8 Å². The average molecular weight is 270 g/mol. The minimum absolute atomic E-state index is 0.849. The predicted molar refractivity (Wildman–Crippen MR) is 58.1 cm³/mol. The number of nitrogens with one attached hydrogen (secondary N) is 1. The van der Waals surface area contributed by atoms with Gasteiger partial charge in [-0.25, -0.2) is 9.59 Å². The third-order valence-corrected chi connectivity index (χ3v) is 2.57. The third kappa shape index (κ3) is 4.80. The Morgan fingerprint density at radius 2 is 1.78 bits per heavy atom. The molecule has 0 heterocycles. The van der Waals surface area contributed by atoms with Crippen molar-refractivity contribution in [2.45, 2.75) is 44.9 Å². The van der Waals surface area contributed by atoms with Crippen LogP contribution >= 0.6 is 0 Å². The van der Waals surface area contributed by atoms with E-state index in [4.69, 9.17) is 5.11 Å². The van der Waals surface area contributed by atoms with Gasteiger partial charge in [-0.05, 0) is 20.8 Å². The smallest absolute Gasteiger partial charge is 0.391 e. The van der Waals surface area contributed by atoms with Crippen LogP contribution < -0.4 is 5.32 Å². The topological polar surface area (TPSA) is 69.6 Å².